The minimum Gasteiger partial charge on any atom is -0.383 e. The summed E-state index contributed by atoms with van der Waals surface area (Å²) in [7, 11) is 1.70. The second-order valence-corrected chi connectivity index (χ2v) is 5.09. The third-order valence-corrected chi connectivity index (χ3v) is 3.49. The van der Waals surface area contributed by atoms with Gasteiger partial charge in [0.2, 0.25) is 0 Å². The van der Waals surface area contributed by atoms with Gasteiger partial charge in [-0.3, -0.25) is 14.7 Å². The van der Waals surface area contributed by atoms with Crippen molar-refractivity contribution in [2.45, 2.75) is 6.42 Å². The molecule has 1 fully saturated rings. The molecule has 1 amide bonds. The standard InChI is InChI=1S/C13H19ClN4O2/c1-20-8-7-17-3-2-4-18(6-5-17)13(19)11-9-15-10-12(14)16-11/h9-10H,2-8H2,1H3. The summed E-state index contributed by atoms with van der Waals surface area (Å²) in [5.74, 6) is -0.103. The van der Waals surface area contributed by atoms with Crippen LogP contribution in [-0.2, 0) is 4.74 Å². The first-order chi connectivity index (χ1) is 9.70. The van der Waals surface area contributed by atoms with E-state index < -0.39 is 0 Å². The topological polar surface area (TPSA) is 58.6 Å². The zero-order valence-corrected chi connectivity index (χ0v) is 12.3. The summed E-state index contributed by atoms with van der Waals surface area (Å²) in [6.07, 6.45) is 3.83. The minimum absolute atomic E-state index is 0.103. The van der Waals surface area contributed by atoms with Gasteiger partial charge in [-0.05, 0) is 13.0 Å². The van der Waals surface area contributed by atoms with E-state index in [0.29, 0.717) is 18.8 Å². The quantitative estimate of drug-likeness (QED) is 0.827. The summed E-state index contributed by atoms with van der Waals surface area (Å²) in [5.41, 5.74) is 0.308. The summed E-state index contributed by atoms with van der Waals surface area (Å²) in [6.45, 7) is 4.87. The Balaban J connectivity index is 1.94. The Bertz CT molecular complexity index is 458. The van der Waals surface area contributed by atoms with Gasteiger partial charge in [-0.15, -0.1) is 0 Å². The molecule has 110 valence electrons. The number of amides is 1. The Kier molecular flexibility index (Phi) is 5.70. The van der Waals surface area contributed by atoms with Crippen molar-refractivity contribution in [3.8, 4) is 0 Å². The van der Waals surface area contributed by atoms with Crippen molar-refractivity contribution in [1.82, 2.24) is 19.8 Å². The maximum atomic E-state index is 12.3. The van der Waals surface area contributed by atoms with Crippen LogP contribution in [0.1, 0.15) is 16.9 Å². The number of halogens is 1. The Morgan fingerprint density at radius 2 is 2.20 bits per heavy atom. The Hall–Kier alpha value is -1.24. The van der Waals surface area contributed by atoms with Gasteiger partial charge in [-0.1, -0.05) is 11.6 Å². The van der Waals surface area contributed by atoms with Crippen LogP contribution in [0.3, 0.4) is 0 Å². The zero-order valence-electron chi connectivity index (χ0n) is 11.6. The lowest BCUT2D eigenvalue weighted by molar-refractivity contribution is 0.0753. The first kappa shape index (κ1) is 15.2. The number of methoxy groups -OCH3 is 1. The number of hydrogen-bond donors (Lipinski definition) is 0. The largest absolute Gasteiger partial charge is 0.383 e. The minimum atomic E-state index is -0.103. The average molecular weight is 299 g/mol. The van der Waals surface area contributed by atoms with Crippen molar-refractivity contribution in [3.05, 3.63) is 23.2 Å². The number of nitrogens with zero attached hydrogens (tertiary/aromatic N) is 4. The van der Waals surface area contributed by atoms with Crippen molar-refractivity contribution in [2.75, 3.05) is 46.4 Å². The summed E-state index contributed by atoms with van der Waals surface area (Å²) in [4.78, 5) is 24.4. The van der Waals surface area contributed by atoms with Gasteiger partial charge in [0.15, 0.2) is 0 Å². The van der Waals surface area contributed by atoms with E-state index in [2.05, 4.69) is 14.9 Å². The molecule has 7 heteroatoms. The molecule has 0 aliphatic carbocycles. The molecule has 0 N–H and O–H groups in total. The Morgan fingerprint density at radius 1 is 1.35 bits per heavy atom. The van der Waals surface area contributed by atoms with Gasteiger partial charge in [-0.2, -0.15) is 0 Å². The van der Waals surface area contributed by atoms with Crippen LogP contribution in [0.2, 0.25) is 5.15 Å². The van der Waals surface area contributed by atoms with Gasteiger partial charge in [0, 0.05) is 33.3 Å². The van der Waals surface area contributed by atoms with Crippen molar-refractivity contribution in [3.63, 3.8) is 0 Å². The van der Waals surface area contributed by atoms with Crippen LogP contribution in [-0.4, -0.2) is 72.1 Å². The van der Waals surface area contributed by atoms with E-state index >= 15 is 0 Å². The van der Waals surface area contributed by atoms with Crippen molar-refractivity contribution >= 4 is 17.5 Å². The first-order valence-corrected chi connectivity index (χ1v) is 7.06. The molecule has 20 heavy (non-hydrogen) atoms. The highest BCUT2D eigenvalue weighted by Gasteiger charge is 2.21. The summed E-state index contributed by atoms with van der Waals surface area (Å²) < 4.78 is 5.09. The van der Waals surface area contributed by atoms with Crippen LogP contribution in [0.15, 0.2) is 12.4 Å². The van der Waals surface area contributed by atoms with E-state index in [1.807, 2.05) is 4.90 Å². The van der Waals surface area contributed by atoms with E-state index in [9.17, 15) is 4.79 Å². The van der Waals surface area contributed by atoms with Gasteiger partial charge >= 0.3 is 0 Å². The second kappa shape index (κ2) is 7.52. The van der Waals surface area contributed by atoms with Crippen LogP contribution < -0.4 is 0 Å². The molecule has 2 heterocycles. The fourth-order valence-corrected chi connectivity index (χ4v) is 2.37. The van der Waals surface area contributed by atoms with E-state index in [-0.39, 0.29) is 11.1 Å². The van der Waals surface area contributed by atoms with E-state index in [0.717, 1.165) is 32.6 Å². The molecule has 0 bridgehead atoms. The summed E-state index contributed by atoms with van der Waals surface area (Å²) in [6, 6.07) is 0. The lowest BCUT2D eigenvalue weighted by atomic mass is 10.3. The predicted octanol–water partition coefficient (Wildman–Crippen LogP) is 0.924. The molecule has 1 saturated heterocycles. The highest BCUT2D eigenvalue weighted by Crippen LogP contribution is 2.09. The predicted molar refractivity (Wildman–Crippen MR) is 75.9 cm³/mol. The fourth-order valence-electron chi connectivity index (χ4n) is 2.23. The molecule has 0 spiro atoms. The normalized spacial score (nSPS) is 17.0. The third kappa shape index (κ3) is 4.13. The lowest BCUT2D eigenvalue weighted by Crippen LogP contribution is -2.36. The van der Waals surface area contributed by atoms with Gasteiger partial charge in [-0.25, -0.2) is 4.98 Å². The molecule has 1 aromatic rings. The van der Waals surface area contributed by atoms with Crippen molar-refractivity contribution in [2.24, 2.45) is 0 Å². The number of rotatable bonds is 4. The summed E-state index contributed by atoms with van der Waals surface area (Å²) >= 11 is 5.77. The number of hydrogen-bond acceptors (Lipinski definition) is 5. The van der Waals surface area contributed by atoms with Gasteiger partial charge < -0.3 is 9.64 Å². The summed E-state index contributed by atoms with van der Waals surface area (Å²) in [5, 5.41) is 0.243. The molecular weight excluding hydrogens is 280 g/mol. The molecule has 2 rings (SSSR count). The second-order valence-electron chi connectivity index (χ2n) is 4.71. The van der Waals surface area contributed by atoms with Gasteiger partial charge in [0.05, 0.1) is 19.0 Å². The van der Waals surface area contributed by atoms with Gasteiger partial charge in [0.25, 0.3) is 5.91 Å². The SMILES string of the molecule is COCCN1CCCN(C(=O)c2cncc(Cl)n2)CC1. The Labute approximate surface area is 123 Å². The van der Waals surface area contributed by atoms with Crippen LogP contribution in [0.5, 0.6) is 0 Å². The van der Waals surface area contributed by atoms with Gasteiger partial charge in [0.1, 0.15) is 10.8 Å². The van der Waals surface area contributed by atoms with E-state index in [4.69, 9.17) is 16.3 Å². The fraction of sp³-hybridized carbons (Fsp3) is 0.615. The highest BCUT2D eigenvalue weighted by atomic mass is 35.5. The average Bonchev–Trinajstić information content (AvgIpc) is 2.70. The van der Waals surface area contributed by atoms with Crippen molar-refractivity contribution < 1.29 is 9.53 Å². The van der Waals surface area contributed by atoms with Crippen molar-refractivity contribution in [1.29, 1.82) is 0 Å². The first-order valence-electron chi connectivity index (χ1n) is 6.69. The third-order valence-electron chi connectivity index (χ3n) is 3.31. The number of aromatic nitrogens is 2. The van der Waals surface area contributed by atoms with E-state index in [1.165, 1.54) is 12.4 Å². The molecule has 0 aromatic carbocycles. The molecule has 1 aliphatic heterocycles. The maximum absolute atomic E-state index is 12.3. The molecule has 1 aromatic heterocycles. The van der Waals surface area contributed by atoms with Crippen LogP contribution in [0, 0.1) is 0 Å². The molecule has 0 atom stereocenters. The molecule has 6 nitrogen and oxygen atoms in total. The zero-order chi connectivity index (χ0) is 14.4. The number of carbonyl (C=O) groups excluding carboxylic acids is 1. The highest BCUT2D eigenvalue weighted by molar-refractivity contribution is 6.29. The number of carbonyl (C=O) groups is 1. The Morgan fingerprint density at radius 3 is 2.95 bits per heavy atom. The molecular formula is C13H19ClN4O2. The van der Waals surface area contributed by atoms with E-state index in [1.54, 1.807) is 7.11 Å². The van der Waals surface area contributed by atoms with Crippen LogP contribution in [0.4, 0.5) is 0 Å². The molecule has 0 radical (unpaired) electrons. The number of ether oxygens (including phenoxy) is 1. The molecule has 0 unspecified atom stereocenters. The monoisotopic (exact) mass is 298 g/mol. The molecule has 0 saturated carbocycles. The molecule has 1 aliphatic rings. The maximum Gasteiger partial charge on any atom is 0.274 e. The van der Waals surface area contributed by atoms with Crippen LogP contribution >= 0.6 is 11.6 Å². The smallest absolute Gasteiger partial charge is 0.274 e. The lowest BCUT2D eigenvalue weighted by Gasteiger charge is -2.21. The van der Waals surface area contributed by atoms with Crippen LogP contribution in [0.25, 0.3) is 0 Å².